The van der Waals surface area contributed by atoms with E-state index in [1.807, 2.05) is 24.2 Å². The Bertz CT molecular complexity index is 467. The Morgan fingerprint density at radius 3 is 2.83 bits per heavy atom. The molecule has 0 bridgehead atoms. The van der Waals surface area contributed by atoms with Crippen molar-refractivity contribution >= 4 is 11.8 Å². The van der Waals surface area contributed by atoms with Crippen LogP contribution < -0.4 is 0 Å². The van der Waals surface area contributed by atoms with Gasteiger partial charge in [-0.3, -0.25) is 4.98 Å². The van der Waals surface area contributed by atoms with Crippen molar-refractivity contribution in [1.82, 2.24) is 19.5 Å². The summed E-state index contributed by atoms with van der Waals surface area (Å²) in [6, 6.07) is 0. The fraction of sp³-hybridized carbons (Fsp3) is 0.462. The number of nitrogens with zero attached hydrogens (tertiary/aromatic N) is 4. The fourth-order valence-corrected chi connectivity index (χ4v) is 2.58. The third-order valence-corrected chi connectivity index (χ3v) is 3.81. The highest BCUT2D eigenvalue weighted by Crippen LogP contribution is 2.14. The number of aromatic nitrogens is 4. The Kier molecular flexibility index (Phi) is 4.75. The molecule has 0 spiro atoms. The van der Waals surface area contributed by atoms with Crippen LogP contribution in [-0.2, 0) is 6.54 Å². The molecule has 4 nitrogen and oxygen atoms in total. The number of thioether (sulfide) groups is 1. The van der Waals surface area contributed by atoms with Crippen molar-refractivity contribution < 1.29 is 0 Å². The van der Waals surface area contributed by atoms with E-state index in [0.717, 1.165) is 29.7 Å². The van der Waals surface area contributed by atoms with Crippen LogP contribution in [-0.4, -0.2) is 31.0 Å². The standard InChI is InChI=1S/C13H18N4S/c1-11(2)10-18-8-7-17-6-5-16-13(17)12-9-14-3-4-15-12/h3-6,9,11H,7-8,10H2,1-2H3. The third-order valence-electron chi connectivity index (χ3n) is 2.44. The van der Waals surface area contributed by atoms with Gasteiger partial charge in [-0.05, 0) is 11.7 Å². The molecule has 18 heavy (non-hydrogen) atoms. The van der Waals surface area contributed by atoms with E-state index in [1.165, 1.54) is 5.75 Å². The lowest BCUT2D eigenvalue weighted by atomic mass is 10.3. The van der Waals surface area contributed by atoms with Crippen LogP contribution in [0, 0.1) is 5.92 Å². The van der Waals surface area contributed by atoms with Crippen LogP contribution in [0.2, 0.25) is 0 Å². The second-order valence-electron chi connectivity index (χ2n) is 4.50. The van der Waals surface area contributed by atoms with Gasteiger partial charge in [-0.1, -0.05) is 13.8 Å². The first-order valence-corrected chi connectivity index (χ1v) is 7.28. The minimum atomic E-state index is 0.747. The van der Waals surface area contributed by atoms with Crippen molar-refractivity contribution in [2.24, 2.45) is 5.92 Å². The zero-order chi connectivity index (χ0) is 12.8. The van der Waals surface area contributed by atoms with Gasteiger partial charge in [0.2, 0.25) is 0 Å². The number of rotatable bonds is 6. The minimum absolute atomic E-state index is 0.747. The molecular weight excluding hydrogens is 244 g/mol. The van der Waals surface area contributed by atoms with Crippen LogP contribution in [0.15, 0.2) is 31.0 Å². The lowest BCUT2D eigenvalue weighted by Gasteiger charge is -2.08. The number of imidazole rings is 1. The smallest absolute Gasteiger partial charge is 0.160 e. The first-order valence-electron chi connectivity index (χ1n) is 6.12. The molecule has 2 aromatic rings. The molecule has 0 aliphatic heterocycles. The van der Waals surface area contributed by atoms with Crippen LogP contribution in [0.25, 0.3) is 11.5 Å². The Morgan fingerprint density at radius 1 is 1.22 bits per heavy atom. The van der Waals surface area contributed by atoms with E-state index in [-0.39, 0.29) is 0 Å². The Balaban J connectivity index is 1.96. The summed E-state index contributed by atoms with van der Waals surface area (Å²) in [4.78, 5) is 12.7. The van der Waals surface area contributed by atoms with Gasteiger partial charge >= 0.3 is 0 Å². The van der Waals surface area contributed by atoms with Gasteiger partial charge < -0.3 is 4.57 Å². The molecule has 0 saturated carbocycles. The number of hydrogen-bond acceptors (Lipinski definition) is 4. The lowest BCUT2D eigenvalue weighted by Crippen LogP contribution is -2.04. The maximum absolute atomic E-state index is 4.35. The van der Waals surface area contributed by atoms with Gasteiger partial charge in [-0.2, -0.15) is 11.8 Å². The second kappa shape index (κ2) is 6.54. The monoisotopic (exact) mass is 262 g/mol. The molecule has 96 valence electrons. The van der Waals surface area contributed by atoms with E-state index in [1.54, 1.807) is 18.6 Å². The van der Waals surface area contributed by atoms with Crippen molar-refractivity contribution in [3.63, 3.8) is 0 Å². The molecule has 0 radical (unpaired) electrons. The molecule has 0 unspecified atom stereocenters. The first kappa shape index (κ1) is 13.1. The fourth-order valence-electron chi connectivity index (χ4n) is 1.62. The largest absolute Gasteiger partial charge is 0.329 e. The topological polar surface area (TPSA) is 43.6 Å². The summed E-state index contributed by atoms with van der Waals surface area (Å²) >= 11 is 1.98. The predicted molar refractivity (Wildman–Crippen MR) is 75.4 cm³/mol. The van der Waals surface area contributed by atoms with E-state index in [4.69, 9.17) is 0 Å². The molecule has 2 rings (SSSR count). The average Bonchev–Trinajstić information content (AvgIpc) is 2.84. The van der Waals surface area contributed by atoms with E-state index >= 15 is 0 Å². The maximum atomic E-state index is 4.35. The highest BCUT2D eigenvalue weighted by Gasteiger charge is 2.06. The van der Waals surface area contributed by atoms with Gasteiger partial charge in [0.15, 0.2) is 5.82 Å². The number of hydrogen-bond donors (Lipinski definition) is 0. The van der Waals surface area contributed by atoms with Crippen molar-refractivity contribution in [3.8, 4) is 11.5 Å². The Morgan fingerprint density at radius 2 is 2.11 bits per heavy atom. The SMILES string of the molecule is CC(C)CSCCn1ccnc1-c1cnccn1. The summed E-state index contributed by atoms with van der Waals surface area (Å²) in [6.45, 7) is 5.45. The average molecular weight is 262 g/mol. The normalized spacial score (nSPS) is 11.1. The summed E-state index contributed by atoms with van der Waals surface area (Å²) in [6.07, 6.45) is 8.94. The molecule has 0 aliphatic rings. The third kappa shape index (κ3) is 3.57. The molecule has 0 atom stereocenters. The van der Waals surface area contributed by atoms with Crippen molar-refractivity contribution in [1.29, 1.82) is 0 Å². The second-order valence-corrected chi connectivity index (χ2v) is 5.65. The van der Waals surface area contributed by atoms with E-state index in [0.29, 0.717) is 0 Å². The van der Waals surface area contributed by atoms with Gasteiger partial charge in [0, 0.05) is 37.1 Å². The highest BCUT2D eigenvalue weighted by molar-refractivity contribution is 7.99. The quantitative estimate of drug-likeness (QED) is 0.751. The summed E-state index contributed by atoms with van der Waals surface area (Å²) in [5.74, 6) is 3.95. The highest BCUT2D eigenvalue weighted by atomic mass is 32.2. The Hall–Kier alpha value is -1.36. The van der Waals surface area contributed by atoms with Gasteiger partial charge in [0.1, 0.15) is 5.69 Å². The molecule has 0 fully saturated rings. The zero-order valence-electron chi connectivity index (χ0n) is 10.8. The van der Waals surface area contributed by atoms with E-state index in [9.17, 15) is 0 Å². The van der Waals surface area contributed by atoms with Crippen molar-refractivity contribution in [3.05, 3.63) is 31.0 Å². The van der Waals surface area contributed by atoms with Gasteiger partial charge in [-0.25, -0.2) is 9.97 Å². The van der Waals surface area contributed by atoms with Crippen LogP contribution in [0.3, 0.4) is 0 Å². The van der Waals surface area contributed by atoms with Crippen LogP contribution in [0.1, 0.15) is 13.8 Å². The summed E-state index contributed by atoms with van der Waals surface area (Å²) in [5.41, 5.74) is 0.830. The summed E-state index contributed by atoms with van der Waals surface area (Å²) < 4.78 is 2.14. The number of aryl methyl sites for hydroxylation is 1. The van der Waals surface area contributed by atoms with Gasteiger partial charge in [0.05, 0.1) is 6.20 Å². The zero-order valence-corrected chi connectivity index (χ0v) is 11.6. The minimum Gasteiger partial charge on any atom is -0.329 e. The first-order chi connectivity index (χ1) is 8.77. The Labute approximate surface area is 112 Å². The van der Waals surface area contributed by atoms with Crippen LogP contribution in [0.5, 0.6) is 0 Å². The molecule has 0 aliphatic carbocycles. The molecule has 0 saturated heterocycles. The summed E-state index contributed by atoms with van der Waals surface area (Å²) in [7, 11) is 0. The van der Waals surface area contributed by atoms with E-state index < -0.39 is 0 Å². The molecule has 0 aromatic carbocycles. The lowest BCUT2D eigenvalue weighted by molar-refractivity contribution is 0.742. The maximum Gasteiger partial charge on any atom is 0.160 e. The van der Waals surface area contributed by atoms with Crippen LogP contribution in [0.4, 0.5) is 0 Å². The molecule has 0 N–H and O–H groups in total. The molecular formula is C13H18N4S. The molecule has 2 heterocycles. The van der Waals surface area contributed by atoms with Crippen molar-refractivity contribution in [2.75, 3.05) is 11.5 Å². The molecule has 2 aromatic heterocycles. The van der Waals surface area contributed by atoms with E-state index in [2.05, 4.69) is 33.4 Å². The van der Waals surface area contributed by atoms with Crippen molar-refractivity contribution in [2.45, 2.75) is 20.4 Å². The van der Waals surface area contributed by atoms with Gasteiger partial charge in [-0.15, -0.1) is 0 Å². The summed E-state index contributed by atoms with van der Waals surface area (Å²) in [5, 5.41) is 0. The predicted octanol–water partition coefficient (Wildman–Crippen LogP) is 2.73. The molecule has 5 heteroatoms. The van der Waals surface area contributed by atoms with Gasteiger partial charge in [0.25, 0.3) is 0 Å². The van der Waals surface area contributed by atoms with Crippen LogP contribution >= 0.6 is 11.8 Å². The molecule has 0 amide bonds.